The zero-order valence-corrected chi connectivity index (χ0v) is 54.9. The number of hydrogen-bond donors (Lipinski definition) is 0. The molecular weight excluding hydrogens is 1540 g/mol. The van der Waals surface area contributed by atoms with Gasteiger partial charge in [-0.25, -0.2) is 0 Å². The minimum Gasteiger partial charge on any atom is -0.545 e. The van der Waals surface area contributed by atoms with E-state index in [9.17, 15) is 59.4 Å². The van der Waals surface area contributed by atoms with Crippen molar-refractivity contribution in [3.8, 4) is 36.4 Å². The van der Waals surface area contributed by atoms with Crippen LogP contribution in [0.5, 0.6) is 0 Å². The van der Waals surface area contributed by atoms with E-state index in [0.717, 1.165) is 43.6 Å². The number of carboxylic acid groups (broad SMARTS) is 6. The quantitative estimate of drug-likeness (QED) is 0.170. The SMILES string of the molecule is N#Cc1ccc(C(=O)[O-])cc1.N#Cc1ccc(C(=O)[O-])cc1.N#Cc1ccc(C(=O)[O-])cc1.N#Cc1ccc(C(=O)[O-])cc1.N#Cc1ccc(C(=O)[O-])cc1.N#Cc1ccc(C(=O)[O-])cc1.[Gd+3].[Gd+3].[OH3+].[OH3+].c1cnc2c(c1)ccc1cccnc12.c1cnc2c(c1)ccc1cccnc12. The van der Waals surface area contributed by atoms with Crippen molar-refractivity contribution in [3.63, 3.8) is 0 Å². The molecule has 4 aromatic heterocycles. The maximum Gasteiger partial charge on any atom is 3.00 e. The largest absolute Gasteiger partial charge is 3.00 e. The molecule has 0 spiro atoms. The fourth-order valence-corrected chi connectivity index (χ4v) is 7.44. The van der Waals surface area contributed by atoms with Gasteiger partial charge in [-0.1, -0.05) is 121 Å². The van der Waals surface area contributed by atoms with E-state index < -0.39 is 35.8 Å². The minimum atomic E-state index is -1.23. The van der Waals surface area contributed by atoms with Crippen molar-refractivity contribution in [3.05, 3.63) is 310 Å². The summed E-state index contributed by atoms with van der Waals surface area (Å²) in [5.74, 6) is -7.36. The third kappa shape index (κ3) is 27.0. The van der Waals surface area contributed by atoms with Crippen LogP contribution < -0.4 is 30.6 Å². The molecule has 98 heavy (non-hydrogen) atoms. The Morgan fingerprint density at radius 2 is 0.367 bits per heavy atom. The summed E-state index contributed by atoms with van der Waals surface area (Å²) in [4.78, 5) is 78.6. The van der Waals surface area contributed by atoms with Gasteiger partial charge in [0.05, 0.1) is 128 Å². The van der Waals surface area contributed by atoms with E-state index in [0.29, 0.717) is 33.4 Å². The summed E-state index contributed by atoms with van der Waals surface area (Å²) in [5, 5.41) is 116. The molecule has 6 N–H and O–H groups in total. The van der Waals surface area contributed by atoms with E-state index in [-0.39, 0.29) is 124 Å². The van der Waals surface area contributed by atoms with E-state index in [2.05, 4.69) is 68.5 Å². The number of benzene rings is 8. The molecule has 12 rings (SSSR count). The van der Waals surface area contributed by atoms with Crippen LogP contribution in [0, 0.1) is 148 Å². The van der Waals surface area contributed by atoms with Crippen LogP contribution >= 0.6 is 0 Å². The molecule has 2 radical (unpaired) electrons. The minimum absolute atomic E-state index is 0. The van der Waals surface area contributed by atoms with Crippen LogP contribution in [0.2, 0.25) is 0 Å². The van der Waals surface area contributed by atoms with E-state index >= 15 is 0 Å². The molecule has 26 heteroatoms. The predicted octanol–water partition coefficient (Wildman–Crippen LogP) is 3.25. The molecule has 8 aromatic carbocycles. The van der Waals surface area contributed by atoms with Crippen LogP contribution in [0.25, 0.3) is 43.6 Å². The molecule has 12 aromatic rings. The van der Waals surface area contributed by atoms with E-state index in [4.69, 9.17) is 31.6 Å². The van der Waals surface area contributed by atoms with Gasteiger partial charge in [0.1, 0.15) is 0 Å². The van der Waals surface area contributed by atoms with Crippen LogP contribution in [-0.2, 0) is 11.0 Å². The van der Waals surface area contributed by atoms with Crippen molar-refractivity contribution in [2.45, 2.75) is 0 Å². The number of aromatic nitrogens is 4. The molecule has 482 valence electrons. The monoisotopic (exact) mass is 1590 g/mol. The molecule has 0 atom stereocenters. The first-order chi connectivity index (χ1) is 45.3. The summed E-state index contributed by atoms with van der Waals surface area (Å²) in [7, 11) is 0. The molecule has 0 bridgehead atoms. The number of fused-ring (bicyclic) bond motifs is 6. The summed E-state index contributed by atoms with van der Waals surface area (Å²) in [5.41, 5.74) is 7.07. The Balaban J connectivity index is 0.000000558. The smallest absolute Gasteiger partial charge is 0.545 e. The van der Waals surface area contributed by atoms with Crippen molar-refractivity contribution in [2.75, 3.05) is 0 Å². The molecule has 0 unspecified atom stereocenters. The number of nitrogens with zero attached hydrogens (tertiary/aromatic N) is 10. The van der Waals surface area contributed by atoms with Crippen molar-refractivity contribution >= 4 is 79.4 Å². The topological polar surface area (TPSA) is 501 Å². The maximum absolute atomic E-state index is 10.2. The molecule has 0 saturated heterocycles. The first-order valence-electron chi connectivity index (χ1n) is 26.8. The summed E-state index contributed by atoms with van der Waals surface area (Å²) in [6.07, 6.45) is 7.21. The molecule has 0 amide bonds. The molecule has 0 aliphatic carbocycles. The van der Waals surface area contributed by atoms with Gasteiger partial charge < -0.3 is 70.4 Å². The fourth-order valence-electron chi connectivity index (χ4n) is 7.44. The van der Waals surface area contributed by atoms with Crippen molar-refractivity contribution in [1.82, 2.24) is 19.9 Å². The number of carboxylic acids is 6. The maximum atomic E-state index is 10.2. The Morgan fingerprint density at radius 1 is 0.235 bits per heavy atom. The summed E-state index contributed by atoms with van der Waals surface area (Å²) in [6.45, 7) is 0. The van der Waals surface area contributed by atoms with Crippen molar-refractivity contribution < 1.29 is 150 Å². The standard InChI is InChI=1S/2C12H8N2.6C8H5NO2.2Gd.2H2O/c2*1-3-9-5-6-10-4-2-8-14-12(10)11(9)13-7-1;6*9-5-6-1-3-7(4-2-6)8(10)11;;;;/h2*1-8H;6*1-4H,(H,10,11);;;2*1H2/q;;;;;;;;2*+3;;/p-4. The van der Waals surface area contributed by atoms with Gasteiger partial charge in [-0.2, -0.15) is 31.6 Å². The van der Waals surface area contributed by atoms with Gasteiger partial charge in [0, 0.05) is 46.3 Å². The van der Waals surface area contributed by atoms with Crippen LogP contribution in [0.1, 0.15) is 95.5 Å². The average molecular weight is 1590 g/mol. The Bertz CT molecular complexity index is 4190. The van der Waals surface area contributed by atoms with Crippen LogP contribution in [0.15, 0.2) is 243 Å². The third-order valence-corrected chi connectivity index (χ3v) is 12.2. The van der Waals surface area contributed by atoms with Crippen LogP contribution in [-0.4, -0.2) is 55.8 Å². The van der Waals surface area contributed by atoms with Crippen LogP contribution in [0.4, 0.5) is 0 Å². The van der Waals surface area contributed by atoms with Gasteiger partial charge in [0.2, 0.25) is 0 Å². The van der Waals surface area contributed by atoms with Gasteiger partial charge in [-0.3, -0.25) is 19.9 Å². The molecule has 0 aliphatic heterocycles. The Kier molecular flexibility index (Phi) is 37.9. The molecule has 0 aliphatic rings. The number of carbonyl (C=O) groups is 6. The Morgan fingerprint density at radius 3 is 0.480 bits per heavy atom. The summed E-state index contributed by atoms with van der Waals surface area (Å²) < 4.78 is 0. The summed E-state index contributed by atoms with van der Waals surface area (Å²) in [6, 6.07) is 68.9. The van der Waals surface area contributed by atoms with Gasteiger partial charge in [0.25, 0.3) is 0 Å². The Hall–Kier alpha value is -12.3. The van der Waals surface area contributed by atoms with Crippen LogP contribution in [0.3, 0.4) is 0 Å². The van der Waals surface area contributed by atoms with Gasteiger partial charge in [-0.05, 0) is 130 Å². The van der Waals surface area contributed by atoms with Gasteiger partial charge >= 0.3 is 79.9 Å². The molecule has 4 heterocycles. The number of rotatable bonds is 6. The zero-order valence-electron chi connectivity index (χ0n) is 50.3. The number of nitriles is 6. The second kappa shape index (κ2) is 44.4. The first kappa shape index (κ1) is 83.7. The fraction of sp³-hybridized carbons (Fsp3) is 0. The zero-order chi connectivity index (χ0) is 68.4. The summed E-state index contributed by atoms with van der Waals surface area (Å²) >= 11 is 0. The van der Waals surface area contributed by atoms with E-state index in [1.165, 1.54) is 146 Å². The number of carbonyl (C=O) groups excluding carboxylic acids is 6. The second-order valence-corrected chi connectivity index (χ2v) is 18.3. The van der Waals surface area contributed by atoms with E-state index in [1.807, 2.05) is 60.7 Å². The molecule has 0 saturated carbocycles. The van der Waals surface area contributed by atoms with Gasteiger partial charge in [-0.15, -0.1) is 0 Å². The third-order valence-electron chi connectivity index (χ3n) is 12.2. The normalized spacial score (nSPS) is 8.92. The predicted molar refractivity (Wildman–Crippen MR) is 337 cm³/mol. The van der Waals surface area contributed by atoms with E-state index in [1.54, 1.807) is 24.8 Å². The van der Waals surface area contributed by atoms with Crippen molar-refractivity contribution in [1.29, 1.82) is 31.6 Å². The molecule has 24 nitrogen and oxygen atoms in total. The number of aromatic carboxylic acids is 6. The molecule has 0 fully saturated rings. The first-order valence-corrected chi connectivity index (χ1v) is 26.8. The number of hydrogen-bond acceptors (Lipinski definition) is 22. The number of pyridine rings is 4. The second-order valence-electron chi connectivity index (χ2n) is 18.3. The Labute approximate surface area is 621 Å². The van der Waals surface area contributed by atoms with Crippen molar-refractivity contribution in [2.24, 2.45) is 0 Å². The van der Waals surface area contributed by atoms with Gasteiger partial charge in [0.15, 0.2) is 0 Å². The average Bonchev–Trinajstić information content (AvgIpc) is 0.807. The molecular formula is C72H46Gd2N10O14+2.